The Kier molecular flexibility index (Phi) is 3.54. The zero-order chi connectivity index (χ0) is 14.8. The molecule has 0 spiro atoms. The van der Waals surface area contributed by atoms with E-state index in [0.29, 0.717) is 17.1 Å². The summed E-state index contributed by atoms with van der Waals surface area (Å²) >= 11 is 0. The first-order chi connectivity index (χ1) is 10.2. The predicted octanol–water partition coefficient (Wildman–Crippen LogP) is 4.19. The van der Waals surface area contributed by atoms with Crippen LogP contribution in [0.3, 0.4) is 0 Å². The van der Waals surface area contributed by atoms with Gasteiger partial charge in [-0.2, -0.15) is 0 Å². The third-order valence-electron chi connectivity index (χ3n) is 3.28. The molecule has 106 valence electrons. The minimum absolute atomic E-state index is 0.365. The topological polar surface area (TPSA) is 48.1 Å². The summed E-state index contributed by atoms with van der Waals surface area (Å²) in [7, 11) is 0. The van der Waals surface area contributed by atoms with E-state index in [4.69, 9.17) is 10.5 Å². The molecule has 3 nitrogen and oxygen atoms in total. The van der Waals surface area contributed by atoms with Crippen LogP contribution in [-0.2, 0) is 0 Å². The van der Waals surface area contributed by atoms with E-state index in [1.54, 1.807) is 25.3 Å². The number of benzene rings is 2. The van der Waals surface area contributed by atoms with E-state index in [-0.39, 0.29) is 5.82 Å². The molecular formula is C17H15FN2O. The molecule has 0 aliphatic rings. The average molecular weight is 282 g/mol. The van der Waals surface area contributed by atoms with E-state index in [2.05, 4.69) is 4.98 Å². The SMILES string of the molecule is C[C@H](N)c1c(F)cccc1Oc1cccc2cccnc12. The number of hydrogen-bond acceptors (Lipinski definition) is 3. The normalized spacial score (nSPS) is 12.3. The van der Waals surface area contributed by atoms with Crippen molar-refractivity contribution in [1.29, 1.82) is 0 Å². The Morgan fingerprint density at radius 3 is 2.57 bits per heavy atom. The largest absolute Gasteiger partial charge is 0.455 e. The number of para-hydroxylation sites is 1. The summed E-state index contributed by atoms with van der Waals surface area (Å²) in [6.07, 6.45) is 1.70. The molecule has 0 saturated heterocycles. The Bertz CT molecular complexity index is 781. The third kappa shape index (κ3) is 2.58. The highest BCUT2D eigenvalue weighted by Crippen LogP contribution is 2.33. The summed E-state index contributed by atoms with van der Waals surface area (Å²) in [4.78, 5) is 4.32. The van der Waals surface area contributed by atoms with Gasteiger partial charge in [-0.05, 0) is 31.2 Å². The molecule has 3 aromatic rings. The number of nitrogens with two attached hydrogens (primary N) is 1. The van der Waals surface area contributed by atoms with Crippen molar-refractivity contribution >= 4 is 10.9 Å². The van der Waals surface area contributed by atoms with Crippen molar-refractivity contribution in [3.05, 3.63) is 66.1 Å². The zero-order valence-corrected chi connectivity index (χ0v) is 11.6. The Morgan fingerprint density at radius 1 is 1.05 bits per heavy atom. The van der Waals surface area contributed by atoms with E-state index >= 15 is 0 Å². The van der Waals surface area contributed by atoms with Crippen LogP contribution in [0.4, 0.5) is 4.39 Å². The summed E-state index contributed by atoms with van der Waals surface area (Å²) < 4.78 is 19.8. The predicted molar refractivity (Wildman–Crippen MR) is 80.8 cm³/mol. The molecule has 2 N–H and O–H groups in total. The van der Waals surface area contributed by atoms with Gasteiger partial charge in [-0.15, -0.1) is 0 Å². The number of nitrogens with zero attached hydrogens (tertiary/aromatic N) is 1. The molecule has 1 atom stereocenters. The van der Waals surface area contributed by atoms with Gasteiger partial charge in [0.1, 0.15) is 17.1 Å². The fraction of sp³-hybridized carbons (Fsp3) is 0.118. The van der Waals surface area contributed by atoms with Crippen LogP contribution in [0, 0.1) is 5.82 Å². The highest BCUT2D eigenvalue weighted by atomic mass is 19.1. The average Bonchev–Trinajstić information content (AvgIpc) is 2.47. The monoisotopic (exact) mass is 282 g/mol. The third-order valence-corrected chi connectivity index (χ3v) is 3.28. The van der Waals surface area contributed by atoms with Crippen LogP contribution < -0.4 is 10.5 Å². The van der Waals surface area contributed by atoms with Gasteiger partial charge in [-0.25, -0.2) is 4.39 Å². The molecule has 0 unspecified atom stereocenters. The highest BCUT2D eigenvalue weighted by Gasteiger charge is 2.15. The number of ether oxygens (including phenoxy) is 1. The first kappa shape index (κ1) is 13.5. The molecule has 0 aliphatic carbocycles. The summed E-state index contributed by atoms with van der Waals surface area (Å²) in [6.45, 7) is 1.73. The number of fused-ring (bicyclic) bond motifs is 1. The maximum Gasteiger partial charge on any atom is 0.153 e. The molecule has 3 rings (SSSR count). The van der Waals surface area contributed by atoms with Crippen molar-refractivity contribution in [1.82, 2.24) is 4.98 Å². The standard InChI is InChI=1S/C17H15FN2O/c1-11(19)16-13(18)7-3-8-14(16)21-15-9-2-5-12-6-4-10-20-17(12)15/h2-11H,19H2,1H3/t11-/m0/s1. The van der Waals surface area contributed by atoms with E-state index < -0.39 is 6.04 Å². The Hall–Kier alpha value is -2.46. The lowest BCUT2D eigenvalue weighted by Crippen LogP contribution is -2.09. The Balaban J connectivity index is 2.09. The summed E-state index contributed by atoms with van der Waals surface area (Å²) in [5.41, 5.74) is 6.95. The molecule has 4 heteroatoms. The molecule has 1 aromatic heterocycles. The molecule has 1 heterocycles. The van der Waals surface area contributed by atoms with Crippen molar-refractivity contribution in [3.63, 3.8) is 0 Å². The number of halogens is 1. The maximum absolute atomic E-state index is 13.9. The second-order valence-electron chi connectivity index (χ2n) is 4.87. The van der Waals surface area contributed by atoms with E-state index in [0.717, 1.165) is 10.9 Å². The summed E-state index contributed by atoms with van der Waals surface area (Å²) in [6, 6.07) is 13.7. The zero-order valence-electron chi connectivity index (χ0n) is 11.6. The van der Waals surface area contributed by atoms with Crippen molar-refractivity contribution in [2.24, 2.45) is 5.73 Å². The fourth-order valence-corrected chi connectivity index (χ4v) is 2.33. The molecule has 21 heavy (non-hydrogen) atoms. The van der Waals surface area contributed by atoms with Gasteiger partial charge in [0.25, 0.3) is 0 Å². The van der Waals surface area contributed by atoms with Crippen molar-refractivity contribution < 1.29 is 9.13 Å². The smallest absolute Gasteiger partial charge is 0.153 e. The quantitative estimate of drug-likeness (QED) is 0.783. The van der Waals surface area contributed by atoms with Crippen molar-refractivity contribution in [2.75, 3.05) is 0 Å². The van der Waals surface area contributed by atoms with Gasteiger partial charge in [0.2, 0.25) is 0 Å². The molecule has 2 aromatic carbocycles. The molecule has 0 amide bonds. The second-order valence-corrected chi connectivity index (χ2v) is 4.87. The van der Waals surface area contributed by atoms with E-state index in [9.17, 15) is 4.39 Å². The Morgan fingerprint density at radius 2 is 1.76 bits per heavy atom. The summed E-state index contributed by atoms with van der Waals surface area (Å²) in [5, 5.41) is 0.966. The van der Waals surface area contributed by atoms with E-state index in [1.807, 2.05) is 30.3 Å². The first-order valence-corrected chi connectivity index (χ1v) is 6.72. The molecular weight excluding hydrogens is 267 g/mol. The van der Waals surface area contributed by atoms with Crippen LogP contribution in [0.1, 0.15) is 18.5 Å². The second kappa shape index (κ2) is 5.50. The maximum atomic E-state index is 13.9. The molecule has 0 fully saturated rings. The van der Waals surface area contributed by atoms with Gasteiger partial charge in [-0.1, -0.05) is 24.3 Å². The van der Waals surface area contributed by atoms with Crippen LogP contribution in [0.25, 0.3) is 10.9 Å². The summed E-state index contributed by atoms with van der Waals surface area (Å²) in [5.74, 6) is 0.638. The minimum Gasteiger partial charge on any atom is -0.455 e. The lowest BCUT2D eigenvalue weighted by molar-refractivity contribution is 0.464. The Labute approximate surface area is 122 Å². The first-order valence-electron chi connectivity index (χ1n) is 6.72. The fourth-order valence-electron chi connectivity index (χ4n) is 2.33. The minimum atomic E-state index is -0.455. The van der Waals surface area contributed by atoms with Crippen molar-refractivity contribution in [2.45, 2.75) is 13.0 Å². The van der Waals surface area contributed by atoms with Crippen LogP contribution in [0.15, 0.2) is 54.7 Å². The van der Waals surface area contributed by atoms with Gasteiger partial charge in [0, 0.05) is 23.2 Å². The van der Waals surface area contributed by atoms with Crippen molar-refractivity contribution in [3.8, 4) is 11.5 Å². The highest BCUT2D eigenvalue weighted by molar-refractivity contribution is 5.84. The van der Waals surface area contributed by atoms with Gasteiger partial charge in [0.15, 0.2) is 5.75 Å². The van der Waals surface area contributed by atoms with Gasteiger partial charge in [-0.3, -0.25) is 4.98 Å². The van der Waals surface area contributed by atoms with Gasteiger partial charge < -0.3 is 10.5 Å². The lowest BCUT2D eigenvalue weighted by atomic mass is 10.1. The lowest BCUT2D eigenvalue weighted by Gasteiger charge is -2.15. The van der Waals surface area contributed by atoms with Crippen LogP contribution in [-0.4, -0.2) is 4.98 Å². The molecule has 0 bridgehead atoms. The number of rotatable bonds is 3. The number of hydrogen-bond donors (Lipinski definition) is 1. The number of aromatic nitrogens is 1. The van der Waals surface area contributed by atoms with E-state index in [1.165, 1.54) is 6.07 Å². The van der Waals surface area contributed by atoms with Crippen LogP contribution >= 0.6 is 0 Å². The van der Waals surface area contributed by atoms with Gasteiger partial charge in [0.05, 0.1) is 0 Å². The van der Waals surface area contributed by atoms with Crippen LogP contribution in [0.2, 0.25) is 0 Å². The molecule has 0 saturated carbocycles. The molecule has 0 aliphatic heterocycles. The number of pyridine rings is 1. The molecule has 0 radical (unpaired) electrons. The van der Waals surface area contributed by atoms with Crippen LogP contribution in [0.5, 0.6) is 11.5 Å². The van der Waals surface area contributed by atoms with Gasteiger partial charge >= 0.3 is 0 Å².